The first-order valence-corrected chi connectivity index (χ1v) is 15.5. The Bertz CT molecular complexity index is 1330. The maximum Gasteiger partial charge on any atom is 0.410 e. The van der Waals surface area contributed by atoms with Crippen molar-refractivity contribution >= 4 is 16.1 Å². The van der Waals surface area contributed by atoms with Gasteiger partial charge >= 0.3 is 6.09 Å². The molecule has 1 saturated heterocycles. The quantitative estimate of drug-likeness (QED) is 0.503. The van der Waals surface area contributed by atoms with Crippen LogP contribution in [0.5, 0.6) is 0 Å². The third-order valence-corrected chi connectivity index (χ3v) is 8.58. The van der Waals surface area contributed by atoms with Gasteiger partial charge in [0.1, 0.15) is 5.60 Å². The molecule has 4 rings (SSSR count). The zero-order chi connectivity index (χ0) is 28.2. The van der Waals surface area contributed by atoms with E-state index in [4.69, 9.17) is 4.74 Å². The molecule has 1 atom stereocenters. The average molecular weight is 560 g/mol. The second-order valence-corrected chi connectivity index (χ2v) is 13.3. The lowest BCUT2D eigenvalue weighted by Crippen LogP contribution is -2.50. The molecule has 2 heterocycles. The first kappa shape index (κ1) is 29.2. The highest BCUT2D eigenvalue weighted by Crippen LogP contribution is 2.27. The summed E-state index contributed by atoms with van der Waals surface area (Å²) >= 11 is 0. The average Bonchev–Trinajstić information content (AvgIpc) is 3.27. The number of ether oxygens (including phenoxy) is 1. The van der Waals surface area contributed by atoms with E-state index >= 15 is 0 Å². The summed E-state index contributed by atoms with van der Waals surface area (Å²) in [5, 5.41) is 4.63. The standard InChI is InChI=1S/C28H41N5O5S/c1-5-6-17-39(36,37)30-24-19-21-7-8-22(18-23(21)20-24)25-9-10-26(34)33(29-25)16-13-31-11-14-32(15-12-31)27(35)38-28(2,3)4/h7-10,18,24,30H,5-6,11-17,19-20H2,1-4H3. The van der Waals surface area contributed by atoms with E-state index in [1.54, 1.807) is 17.0 Å². The predicted octanol–water partition coefficient (Wildman–Crippen LogP) is 2.65. The topological polar surface area (TPSA) is 114 Å². The Morgan fingerprint density at radius 2 is 1.77 bits per heavy atom. The molecule has 0 spiro atoms. The van der Waals surface area contributed by atoms with Gasteiger partial charge in [-0.3, -0.25) is 9.69 Å². The van der Waals surface area contributed by atoms with Crippen molar-refractivity contribution in [3.05, 3.63) is 51.8 Å². The number of rotatable bonds is 9. The van der Waals surface area contributed by atoms with Crippen LogP contribution in [-0.4, -0.2) is 84.2 Å². The SMILES string of the molecule is CCCCS(=O)(=O)NC1Cc2ccc(-c3ccc(=O)n(CCN4CCN(C(=O)OC(C)(C)C)CC4)n3)cc2C1. The van der Waals surface area contributed by atoms with Crippen LogP contribution in [-0.2, 0) is 34.1 Å². The molecule has 11 heteroatoms. The number of nitrogens with zero attached hydrogens (tertiary/aromatic N) is 4. The number of fused-ring (bicyclic) bond motifs is 1. The molecule has 1 aromatic carbocycles. The molecule has 2 aromatic rings. The van der Waals surface area contributed by atoms with Crippen LogP contribution in [0.1, 0.15) is 51.7 Å². The molecule has 1 unspecified atom stereocenters. The van der Waals surface area contributed by atoms with Gasteiger partial charge in [0.15, 0.2) is 0 Å². The van der Waals surface area contributed by atoms with Crippen molar-refractivity contribution in [2.45, 2.75) is 71.6 Å². The van der Waals surface area contributed by atoms with Crippen molar-refractivity contribution in [1.29, 1.82) is 0 Å². The lowest BCUT2D eigenvalue weighted by molar-refractivity contribution is 0.0142. The number of hydrogen-bond donors (Lipinski definition) is 1. The van der Waals surface area contributed by atoms with E-state index in [1.807, 2.05) is 39.8 Å². The molecule has 2 aliphatic rings. The fraction of sp³-hybridized carbons (Fsp3) is 0.607. The van der Waals surface area contributed by atoms with Gasteiger partial charge in [0.25, 0.3) is 5.56 Å². The summed E-state index contributed by atoms with van der Waals surface area (Å²) in [5.74, 6) is 0.159. The summed E-state index contributed by atoms with van der Waals surface area (Å²) in [6.45, 7) is 11.3. The summed E-state index contributed by atoms with van der Waals surface area (Å²) in [6.07, 6.45) is 2.53. The van der Waals surface area contributed by atoms with Gasteiger partial charge in [-0.2, -0.15) is 5.10 Å². The largest absolute Gasteiger partial charge is 0.444 e. The lowest BCUT2D eigenvalue weighted by atomic mass is 10.0. The van der Waals surface area contributed by atoms with Gasteiger partial charge in [0.2, 0.25) is 10.0 Å². The Morgan fingerprint density at radius 3 is 2.46 bits per heavy atom. The zero-order valence-corrected chi connectivity index (χ0v) is 24.3. The molecule has 1 fully saturated rings. The van der Waals surface area contributed by atoms with Crippen molar-refractivity contribution in [3.8, 4) is 11.3 Å². The summed E-state index contributed by atoms with van der Waals surface area (Å²) in [5.41, 5.74) is 3.19. The fourth-order valence-corrected chi connectivity index (χ4v) is 6.45. The Labute approximate surface area is 231 Å². The number of unbranched alkanes of at least 4 members (excludes halogenated alkanes) is 1. The van der Waals surface area contributed by atoms with Crippen molar-refractivity contribution in [2.75, 3.05) is 38.5 Å². The van der Waals surface area contributed by atoms with Gasteiger partial charge in [-0.15, -0.1) is 0 Å². The number of amides is 1. The summed E-state index contributed by atoms with van der Waals surface area (Å²) < 4.78 is 34.5. The summed E-state index contributed by atoms with van der Waals surface area (Å²) in [4.78, 5) is 28.8. The van der Waals surface area contributed by atoms with Crippen LogP contribution in [0.25, 0.3) is 11.3 Å². The molecule has 1 aliphatic carbocycles. The molecule has 10 nitrogen and oxygen atoms in total. The lowest BCUT2D eigenvalue weighted by Gasteiger charge is -2.35. The zero-order valence-electron chi connectivity index (χ0n) is 23.5. The molecule has 0 saturated carbocycles. The molecule has 1 amide bonds. The van der Waals surface area contributed by atoms with Crippen molar-refractivity contribution in [2.24, 2.45) is 0 Å². The first-order chi connectivity index (χ1) is 18.4. The van der Waals surface area contributed by atoms with Gasteiger partial charge in [-0.25, -0.2) is 22.6 Å². The van der Waals surface area contributed by atoms with Gasteiger partial charge in [0.05, 0.1) is 18.0 Å². The van der Waals surface area contributed by atoms with Gasteiger partial charge < -0.3 is 9.64 Å². The van der Waals surface area contributed by atoms with Gasteiger partial charge in [-0.05, 0) is 63.3 Å². The second-order valence-electron chi connectivity index (χ2n) is 11.5. The Hall–Kier alpha value is -2.76. The highest BCUT2D eigenvalue weighted by molar-refractivity contribution is 7.89. The summed E-state index contributed by atoms with van der Waals surface area (Å²) in [6, 6.07) is 9.23. The molecule has 214 valence electrons. The van der Waals surface area contributed by atoms with E-state index in [1.165, 1.54) is 4.68 Å². The number of carbonyl (C=O) groups is 1. The highest BCUT2D eigenvalue weighted by atomic mass is 32.2. The smallest absolute Gasteiger partial charge is 0.410 e. The second kappa shape index (κ2) is 12.2. The Morgan fingerprint density at radius 1 is 1.05 bits per heavy atom. The van der Waals surface area contributed by atoms with Crippen LogP contribution >= 0.6 is 0 Å². The van der Waals surface area contributed by atoms with Crippen LogP contribution in [0.3, 0.4) is 0 Å². The van der Waals surface area contributed by atoms with Crippen LogP contribution in [0.4, 0.5) is 4.79 Å². The molecular formula is C28H41N5O5S. The van der Waals surface area contributed by atoms with Crippen LogP contribution in [0.15, 0.2) is 35.1 Å². The minimum atomic E-state index is -3.28. The molecule has 1 aromatic heterocycles. The van der Waals surface area contributed by atoms with E-state index in [2.05, 4.69) is 20.8 Å². The third kappa shape index (κ3) is 8.12. The minimum Gasteiger partial charge on any atom is -0.444 e. The number of carbonyl (C=O) groups excluding carboxylic acids is 1. The third-order valence-electron chi connectivity index (χ3n) is 7.07. The normalized spacial score (nSPS) is 18.3. The molecule has 0 radical (unpaired) electrons. The van der Waals surface area contributed by atoms with E-state index in [0.29, 0.717) is 64.2 Å². The van der Waals surface area contributed by atoms with Gasteiger partial charge in [-0.1, -0.05) is 25.5 Å². The number of nitrogens with one attached hydrogen (secondary N) is 1. The van der Waals surface area contributed by atoms with Crippen molar-refractivity contribution in [3.63, 3.8) is 0 Å². The Kier molecular flexibility index (Phi) is 9.13. The molecular weight excluding hydrogens is 518 g/mol. The van der Waals surface area contributed by atoms with E-state index in [-0.39, 0.29) is 23.4 Å². The summed E-state index contributed by atoms with van der Waals surface area (Å²) in [7, 11) is -3.28. The van der Waals surface area contributed by atoms with E-state index in [0.717, 1.165) is 23.1 Å². The van der Waals surface area contributed by atoms with E-state index < -0.39 is 15.6 Å². The van der Waals surface area contributed by atoms with Crippen molar-refractivity contribution < 1.29 is 17.9 Å². The number of piperazine rings is 1. The van der Waals surface area contributed by atoms with Crippen LogP contribution in [0, 0.1) is 0 Å². The van der Waals surface area contributed by atoms with E-state index in [9.17, 15) is 18.0 Å². The number of hydrogen-bond acceptors (Lipinski definition) is 7. The molecule has 1 N–H and O–H groups in total. The van der Waals surface area contributed by atoms with Crippen LogP contribution in [0.2, 0.25) is 0 Å². The molecule has 39 heavy (non-hydrogen) atoms. The van der Waals surface area contributed by atoms with Crippen LogP contribution < -0.4 is 10.3 Å². The number of sulfonamides is 1. The Balaban J connectivity index is 1.34. The maximum atomic E-state index is 12.5. The number of benzene rings is 1. The fourth-order valence-electron chi connectivity index (χ4n) is 4.99. The molecule has 1 aliphatic heterocycles. The monoisotopic (exact) mass is 559 g/mol. The highest BCUT2D eigenvalue weighted by Gasteiger charge is 2.27. The molecule has 0 bridgehead atoms. The number of aromatic nitrogens is 2. The van der Waals surface area contributed by atoms with Crippen molar-refractivity contribution in [1.82, 2.24) is 24.3 Å². The minimum absolute atomic E-state index is 0.130. The first-order valence-electron chi connectivity index (χ1n) is 13.8. The maximum absolute atomic E-state index is 12.5. The predicted molar refractivity (Wildman–Crippen MR) is 151 cm³/mol. The van der Waals surface area contributed by atoms with Gasteiger partial charge in [0, 0.05) is 50.4 Å².